The van der Waals surface area contributed by atoms with Crippen LogP contribution in [0.4, 0.5) is 26.0 Å². The lowest BCUT2D eigenvalue weighted by Gasteiger charge is -2.10. The van der Waals surface area contributed by atoms with E-state index in [1.165, 1.54) is 18.3 Å². The number of rotatable bonds is 4. The van der Waals surface area contributed by atoms with Gasteiger partial charge in [0.25, 0.3) is 5.91 Å². The Kier molecular flexibility index (Phi) is 4.89. The molecule has 114 valence electrons. The van der Waals surface area contributed by atoms with Gasteiger partial charge in [0, 0.05) is 5.69 Å². The molecule has 2 rings (SSSR count). The molecule has 0 aliphatic rings. The quantitative estimate of drug-likeness (QED) is 0.647. The maximum Gasteiger partial charge on any atom is 0.283 e. The Labute approximate surface area is 134 Å². The summed E-state index contributed by atoms with van der Waals surface area (Å²) >= 11 is 11.5. The van der Waals surface area contributed by atoms with Crippen molar-refractivity contribution in [1.29, 1.82) is 0 Å². The lowest BCUT2D eigenvalue weighted by Crippen LogP contribution is -2.11. The second-order valence-corrected chi connectivity index (χ2v) is 4.76. The van der Waals surface area contributed by atoms with Crippen LogP contribution in [0.25, 0.3) is 0 Å². The van der Waals surface area contributed by atoms with Crippen LogP contribution in [0.3, 0.4) is 0 Å². The maximum atomic E-state index is 13.8. The second-order valence-electron chi connectivity index (χ2n) is 4.01. The van der Waals surface area contributed by atoms with Gasteiger partial charge in [-0.15, -0.1) is 0 Å². The highest BCUT2D eigenvalue weighted by molar-refractivity contribution is 6.33. The minimum absolute atomic E-state index is 0.0427. The van der Waals surface area contributed by atoms with Gasteiger partial charge >= 0.3 is 0 Å². The normalized spacial score (nSPS) is 10.2. The smallest absolute Gasteiger partial charge is 0.283 e. The molecule has 9 heteroatoms. The molecule has 0 atom stereocenters. The lowest BCUT2D eigenvalue weighted by molar-refractivity contribution is -0.114. The minimum Gasteiger partial charge on any atom is -0.336 e. The largest absolute Gasteiger partial charge is 0.336 e. The molecule has 0 spiro atoms. The van der Waals surface area contributed by atoms with Crippen LogP contribution in [-0.2, 0) is 4.79 Å². The standard InChI is InChI=1S/C13H8Cl2F2N4O/c1-6(16)12(22)19-7-2-3-9(17)10(4-7)20-11-8(14)5-18-13(15)21-11/h2-5H,1H2,(H,19,22)(H,18,20,21). The van der Waals surface area contributed by atoms with Crippen LogP contribution in [-0.4, -0.2) is 15.9 Å². The Morgan fingerprint density at radius 2 is 2.05 bits per heavy atom. The third-order valence-corrected chi connectivity index (χ3v) is 2.90. The van der Waals surface area contributed by atoms with Crippen LogP contribution in [0.15, 0.2) is 36.8 Å². The summed E-state index contributed by atoms with van der Waals surface area (Å²) in [6, 6.07) is 3.58. The van der Waals surface area contributed by atoms with E-state index >= 15 is 0 Å². The van der Waals surface area contributed by atoms with Gasteiger partial charge in [-0.1, -0.05) is 18.2 Å². The van der Waals surface area contributed by atoms with Crippen molar-refractivity contribution in [3.8, 4) is 0 Å². The number of hydrogen-bond donors (Lipinski definition) is 2. The molecule has 0 aliphatic heterocycles. The van der Waals surface area contributed by atoms with Gasteiger partial charge in [0.15, 0.2) is 11.6 Å². The van der Waals surface area contributed by atoms with Gasteiger partial charge in [-0.25, -0.2) is 13.8 Å². The third-order valence-electron chi connectivity index (χ3n) is 2.44. The molecule has 2 N–H and O–H groups in total. The molecule has 0 fully saturated rings. The Balaban J connectivity index is 2.29. The molecule has 1 heterocycles. The number of amides is 1. The number of carbonyl (C=O) groups excluding carboxylic acids is 1. The molecule has 0 aliphatic carbocycles. The lowest BCUT2D eigenvalue weighted by atomic mass is 10.2. The van der Waals surface area contributed by atoms with Crippen molar-refractivity contribution in [3.63, 3.8) is 0 Å². The number of nitrogens with zero attached hydrogens (tertiary/aromatic N) is 2. The number of carbonyl (C=O) groups is 1. The maximum absolute atomic E-state index is 13.8. The first-order chi connectivity index (χ1) is 10.4. The Morgan fingerprint density at radius 3 is 2.73 bits per heavy atom. The highest BCUT2D eigenvalue weighted by Crippen LogP contribution is 2.27. The molecule has 0 radical (unpaired) electrons. The molecule has 0 unspecified atom stereocenters. The predicted octanol–water partition coefficient (Wildman–Crippen LogP) is 4.09. The summed E-state index contributed by atoms with van der Waals surface area (Å²) in [4.78, 5) is 18.7. The van der Waals surface area contributed by atoms with Crippen molar-refractivity contribution in [3.05, 3.63) is 52.9 Å². The SMILES string of the molecule is C=C(F)C(=O)Nc1ccc(F)c(Nc2nc(Cl)ncc2Cl)c1. The molecule has 2 aromatic rings. The first-order valence-electron chi connectivity index (χ1n) is 5.77. The van der Waals surface area contributed by atoms with Crippen LogP contribution in [0, 0.1) is 5.82 Å². The first-order valence-corrected chi connectivity index (χ1v) is 6.53. The van der Waals surface area contributed by atoms with Crippen LogP contribution in [0.2, 0.25) is 10.3 Å². The summed E-state index contributed by atoms with van der Waals surface area (Å²) in [5.74, 6) is -2.74. The van der Waals surface area contributed by atoms with E-state index in [1.807, 2.05) is 0 Å². The zero-order chi connectivity index (χ0) is 16.3. The minimum atomic E-state index is -1.16. The molecule has 5 nitrogen and oxygen atoms in total. The zero-order valence-corrected chi connectivity index (χ0v) is 12.3. The van der Waals surface area contributed by atoms with Crippen LogP contribution >= 0.6 is 23.2 Å². The molecule has 1 amide bonds. The van der Waals surface area contributed by atoms with E-state index in [9.17, 15) is 13.6 Å². The van der Waals surface area contributed by atoms with Gasteiger partial charge in [-0.05, 0) is 29.8 Å². The van der Waals surface area contributed by atoms with E-state index in [2.05, 4.69) is 27.2 Å². The van der Waals surface area contributed by atoms with Crippen LogP contribution in [0.5, 0.6) is 0 Å². The first kappa shape index (κ1) is 16.1. The molecule has 1 aromatic carbocycles. The van der Waals surface area contributed by atoms with Gasteiger partial charge in [-0.3, -0.25) is 4.79 Å². The van der Waals surface area contributed by atoms with Crippen molar-refractivity contribution < 1.29 is 13.6 Å². The number of nitrogens with one attached hydrogen (secondary N) is 2. The summed E-state index contributed by atoms with van der Waals surface area (Å²) in [6.45, 7) is 2.86. The zero-order valence-electron chi connectivity index (χ0n) is 10.8. The summed E-state index contributed by atoms with van der Waals surface area (Å²) in [5.41, 5.74) is 0.114. The van der Waals surface area contributed by atoms with E-state index in [-0.39, 0.29) is 27.5 Å². The highest BCUT2D eigenvalue weighted by Gasteiger charge is 2.11. The number of halogens is 4. The van der Waals surface area contributed by atoms with Crippen LogP contribution in [0.1, 0.15) is 0 Å². The van der Waals surface area contributed by atoms with Crippen molar-refractivity contribution >= 4 is 46.3 Å². The second kappa shape index (κ2) is 6.67. The van der Waals surface area contributed by atoms with Gasteiger partial charge in [-0.2, -0.15) is 4.98 Å². The summed E-state index contributed by atoms with van der Waals surface area (Å²) < 4.78 is 26.5. The summed E-state index contributed by atoms with van der Waals surface area (Å²) in [6.07, 6.45) is 1.25. The van der Waals surface area contributed by atoms with Crippen molar-refractivity contribution in [2.75, 3.05) is 10.6 Å². The summed E-state index contributed by atoms with van der Waals surface area (Å²) in [7, 11) is 0. The fraction of sp³-hybridized carbons (Fsp3) is 0. The molecule has 1 aromatic heterocycles. The average Bonchev–Trinajstić information content (AvgIpc) is 2.46. The molecule has 0 bridgehead atoms. The van der Waals surface area contributed by atoms with Crippen molar-refractivity contribution in [1.82, 2.24) is 9.97 Å². The number of anilines is 3. The van der Waals surface area contributed by atoms with Gasteiger partial charge in [0.2, 0.25) is 5.28 Å². The van der Waals surface area contributed by atoms with E-state index in [1.54, 1.807) is 0 Å². The highest BCUT2D eigenvalue weighted by atomic mass is 35.5. The molecular weight excluding hydrogens is 337 g/mol. The van der Waals surface area contributed by atoms with E-state index in [0.717, 1.165) is 6.07 Å². The number of hydrogen-bond acceptors (Lipinski definition) is 4. The Hall–Kier alpha value is -2.25. The topological polar surface area (TPSA) is 66.9 Å². The van der Waals surface area contributed by atoms with Crippen molar-refractivity contribution in [2.45, 2.75) is 0 Å². The van der Waals surface area contributed by atoms with Crippen LogP contribution < -0.4 is 10.6 Å². The summed E-state index contributed by atoms with van der Waals surface area (Å²) in [5, 5.41) is 4.87. The average molecular weight is 345 g/mol. The van der Waals surface area contributed by atoms with E-state index in [4.69, 9.17) is 23.2 Å². The van der Waals surface area contributed by atoms with Gasteiger partial charge in [0.05, 0.1) is 11.9 Å². The van der Waals surface area contributed by atoms with Crippen molar-refractivity contribution in [2.24, 2.45) is 0 Å². The van der Waals surface area contributed by atoms with E-state index in [0.29, 0.717) is 0 Å². The monoisotopic (exact) mass is 344 g/mol. The molecule has 0 saturated heterocycles. The number of aromatic nitrogens is 2. The molecular formula is C13H8Cl2F2N4O. The van der Waals surface area contributed by atoms with Gasteiger partial charge in [0.1, 0.15) is 10.8 Å². The van der Waals surface area contributed by atoms with Gasteiger partial charge < -0.3 is 10.6 Å². The predicted molar refractivity (Wildman–Crippen MR) is 80.6 cm³/mol. The molecule has 22 heavy (non-hydrogen) atoms. The third kappa shape index (κ3) is 3.90. The fourth-order valence-corrected chi connectivity index (χ4v) is 1.73. The fourth-order valence-electron chi connectivity index (χ4n) is 1.46. The molecule has 0 saturated carbocycles. The van der Waals surface area contributed by atoms with E-state index < -0.39 is 17.6 Å². The Morgan fingerprint density at radius 1 is 1.32 bits per heavy atom. The number of benzene rings is 1. The Bertz CT molecular complexity index is 755.